The number of β-amino-alcohol motifs (C(OH)–C–C–N with tert-alkyl or cyclic N) is 1. The molecule has 7 nitrogen and oxygen atoms in total. The third-order valence-corrected chi connectivity index (χ3v) is 8.84. The predicted molar refractivity (Wildman–Crippen MR) is 146 cm³/mol. The first-order chi connectivity index (χ1) is 17.1. The molecule has 2 aromatic heterocycles. The zero-order valence-corrected chi connectivity index (χ0v) is 22.3. The number of fused-ring (bicyclic) bond motifs is 3. The van der Waals surface area contributed by atoms with Gasteiger partial charge in [0.05, 0.1) is 34.8 Å². The van der Waals surface area contributed by atoms with Gasteiger partial charge in [0.1, 0.15) is 16.9 Å². The van der Waals surface area contributed by atoms with E-state index in [9.17, 15) is 14.8 Å². The van der Waals surface area contributed by atoms with Gasteiger partial charge in [-0.15, -0.1) is 20.6 Å². The van der Waals surface area contributed by atoms with Crippen molar-refractivity contribution in [1.82, 2.24) is 9.97 Å². The number of aliphatic hydroxyl groups is 1. The Morgan fingerprint density at radius 1 is 1.44 bits per heavy atom. The van der Waals surface area contributed by atoms with Gasteiger partial charge in [0.25, 0.3) is 0 Å². The maximum Gasteiger partial charge on any atom is 0.226 e. The summed E-state index contributed by atoms with van der Waals surface area (Å²) in [5.74, 6) is 0.150. The van der Waals surface area contributed by atoms with Crippen LogP contribution in [0.1, 0.15) is 53.5 Å². The third-order valence-electron chi connectivity index (χ3n) is 7.26. The zero-order chi connectivity index (χ0) is 25.9. The maximum absolute atomic E-state index is 14.9. The van der Waals surface area contributed by atoms with Crippen molar-refractivity contribution in [2.24, 2.45) is 5.92 Å². The molecule has 0 radical (unpaired) electrons. The average molecular weight is 524 g/mol. The van der Waals surface area contributed by atoms with Crippen molar-refractivity contribution in [3.05, 3.63) is 51.5 Å². The monoisotopic (exact) mass is 523 g/mol. The molecule has 0 aliphatic carbocycles. The van der Waals surface area contributed by atoms with Crippen LogP contribution in [-0.2, 0) is 18.0 Å². The van der Waals surface area contributed by atoms with Crippen LogP contribution < -0.4 is 15.9 Å². The fraction of sp³-hybridized carbons (Fsp3) is 0.346. The number of halogens is 1. The number of rotatable bonds is 4. The molecule has 0 bridgehead atoms. The van der Waals surface area contributed by atoms with E-state index in [1.54, 1.807) is 13.1 Å². The second-order valence-corrected chi connectivity index (χ2v) is 11.2. The lowest BCUT2D eigenvalue weighted by Gasteiger charge is -2.21. The minimum atomic E-state index is -0.826. The lowest BCUT2D eigenvalue weighted by atomic mass is 9.89. The van der Waals surface area contributed by atoms with Crippen LogP contribution in [0.25, 0.3) is 22.3 Å². The van der Waals surface area contributed by atoms with Gasteiger partial charge in [0.15, 0.2) is 0 Å². The van der Waals surface area contributed by atoms with Crippen molar-refractivity contribution in [3.63, 3.8) is 0 Å². The summed E-state index contributed by atoms with van der Waals surface area (Å²) in [6.07, 6.45) is 3.15. The van der Waals surface area contributed by atoms with E-state index in [2.05, 4.69) is 26.9 Å². The molecule has 2 aliphatic rings. The van der Waals surface area contributed by atoms with E-state index in [-0.39, 0.29) is 21.4 Å². The van der Waals surface area contributed by atoms with Gasteiger partial charge in [-0.25, -0.2) is 14.4 Å². The molecule has 3 atom stereocenters. The summed E-state index contributed by atoms with van der Waals surface area (Å²) in [6, 6.07) is 2.13. The minimum absolute atomic E-state index is 0.0735. The van der Waals surface area contributed by atoms with Crippen LogP contribution in [0.4, 0.5) is 15.3 Å². The van der Waals surface area contributed by atoms with E-state index in [4.69, 9.17) is 15.5 Å². The molecule has 3 unspecified atom stereocenters. The molecule has 3 N–H and O–H groups in total. The SMILES string of the molecule is C=C(c1c(/C(F)=C\C)sc(N)c1C#N)c1c2c(c3cnc(N4CC(C)C(C)(O)C4)nc3c1P)COC2. The highest BCUT2D eigenvalue weighted by Crippen LogP contribution is 2.44. The number of nitrogens with two attached hydrogens (primary N) is 1. The number of hydrogen-bond acceptors (Lipinski definition) is 8. The van der Waals surface area contributed by atoms with E-state index in [0.29, 0.717) is 48.9 Å². The fourth-order valence-electron chi connectivity index (χ4n) is 5.03. The standard InChI is InChI=1S/C26H27FN5O2PS/c1-5-18(27)23-20(14(6-28)24(29)36-23)13(3)19-17-10-34-9-16(17)15-7-30-25(31-21(15)22(19)35)32-8-12(2)26(4,33)11-32/h5,7,12,33H,3,8-11,29,35H2,1-2,4H3/b18-5+. The number of aromatic nitrogens is 2. The van der Waals surface area contributed by atoms with Crippen LogP contribution in [0, 0.1) is 17.2 Å². The van der Waals surface area contributed by atoms with Crippen molar-refractivity contribution in [1.29, 1.82) is 5.26 Å². The normalized spacial score (nSPS) is 21.8. The molecular formula is C26H27FN5O2PS. The summed E-state index contributed by atoms with van der Waals surface area (Å²) < 4.78 is 20.7. The Bertz CT molecular complexity index is 1510. The Kier molecular flexibility index (Phi) is 6.12. The highest BCUT2D eigenvalue weighted by Gasteiger charge is 2.40. The Labute approximate surface area is 215 Å². The first-order valence-corrected chi connectivity index (χ1v) is 13.0. The van der Waals surface area contributed by atoms with Gasteiger partial charge in [-0.2, -0.15) is 5.26 Å². The number of ether oxygens (including phenoxy) is 1. The van der Waals surface area contributed by atoms with Crippen LogP contribution in [-0.4, -0.2) is 33.8 Å². The van der Waals surface area contributed by atoms with E-state index < -0.39 is 11.4 Å². The quantitative estimate of drug-likeness (QED) is 0.492. The molecular weight excluding hydrogens is 496 g/mol. The van der Waals surface area contributed by atoms with Crippen LogP contribution in [0.2, 0.25) is 0 Å². The molecule has 1 saturated heterocycles. The molecule has 36 heavy (non-hydrogen) atoms. The van der Waals surface area contributed by atoms with Gasteiger partial charge in [-0.1, -0.05) is 19.6 Å². The number of nitriles is 1. The number of benzene rings is 1. The molecule has 1 fully saturated rings. The fourth-order valence-corrected chi connectivity index (χ4v) is 6.61. The number of thiophene rings is 1. The molecule has 1 aromatic carbocycles. The number of hydrogen-bond donors (Lipinski definition) is 2. The first kappa shape index (κ1) is 24.8. The van der Waals surface area contributed by atoms with Gasteiger partial charge < -0.3 is 20.5 Å². The molecule has 186 valence electrons. The lowest BCUT2D eigenvalue weighted by molar-refractivity contribution is 0.0443. The second kappa shape index (κ2) is 8.89. The van der Waals surface area contributed by atoms with E-state index >= 15 is 0 Å². The van der Waals surface area contributed by atoms with Crippen LogP contribution in [0.5, 0.6) is 0 Å². The number of nitrogen functional groups attached to an aromatic ring is 1. The van der Waals surface area contributed by atoms with Crippen molar-refractivity contribution in [2.45, 2.75) is 39.6 Å². The first-order valence-electron chi connectivity index (χ1n) is 11.6. The van der Waals surface area contributed by atoms with Crippen LogP contribution in [0.3, 0.4) is 0 Å². The Morgan fingerprint density at radius 3 is 2.81 bits per heavy atom. The maximum atomic E-state index is 14.9. The van der Waals surface area contributed by atoms with E-state index in [1.807, 2.05) is 18.7 Å². The Balaban J connectivity index is 1.72. The summed E-state index contributed by atoms with van der Waals surface area (Å²) in [7, 11) is 2.75. The van der Waals surface area contributed by atoms with Gasteiger partial charge in [-0.05, 0) is 36.1 Å². The molecule has 0 spiro atoms. The molecule has 0 amide bonds. The van der Waals surface area contributed by atoms with E-state index in [0.717, 1.165) is 38.7 Å². The minimum Gasteiger partial charge on any atom is -0.389 e. The number of nitrogens with zero attached hydrogens (tertiary/aromatic N) is 4. The summed E-state index contributed by atoms with van der Waals surface area (Å²) in [4.78, 5) is 11.8. The zero-order valence-electron chi connectivity index (χ0n) is 20.4. The van der Waals surface area contributed by atoms with Gasteiger partial charge >= 0.3 is 0 Å². The largest absolute Gasteiger partial charge is 0.389 e. The topological polar surface area (TPSA) is 108 Å². The molecule has 5 rings (SSSR count). The Hall–Kier alpha value is -2.89. The predicted octanol–water partition coefficient (Wildman–Crippen LogP) is 4.27. The Morgan fingerprint density at radius 2 is 2.17 bits per heavy atom. The van der Waals surface area contributed by atoms with Gasteiger partial charge in [0.2, 0.25) is 5.95 Å². The highest BCUT2D eigenvalue weighted by molar-refractivity contribution is 7.28. The molecule has 10 heteroatoms. The summed E-state index contributed by atoms with van der Waals surface area (Å²) in [6.45, 7) is 11.6. The summed E-state index contributed by atoms with van der Waals surface area (Å²) in [5, 5.41) is 22.4. The number of anilines is 2. The lowest BCUT2D eigenvalue weighted by Crippen LogP contribution is -2.33. The van der Waals surface area contributed by atoms with Gasteiger partial charge in [0, 0.05) is 41.5 Å². The van der Waals surface area contributed by atoms with Crippen molar-refractivity contribution in [2.75, 3.05) is 23.7 Å². The average Bonchev–Trinajstić information content (AvgIpc) is 3.53. The molecule has 3 aromatic rings. The van der Waals surface area contributed by atoms with Crippen molar-refractivity contribution < 1.29 is 14.2 Å². The third kappa shape index (κ3) is 3.72. The van der Waals surface area contributed by atoms with Crippen molar-refractivity contribution >= 4 is 59.1 Å². The van der Waals surface area contributed by atoms with Crippen LogP contribution >= 0.6 is 20.6 Å². The smallest absolute Gasteiger partial charge is 0.226 e. The molecule has 0 saturated carbocycles. The summed E-state index contributed by atoms with van der Waals surface area (Å²) >= 11 is 1.04. The molecule has 4 heterocycles. The van der Waals surface area contributed by atoms with Crippen molar-refractivity contribution in [3.8, 4) is 6.07 Å². The second-order valence-electron chi connectivity index (χ2n) is 9.58. The van der Waals surface area contributed by atoms with Gasteiger partial charge in [-0.3, -0.25) is 0 Å². The summed E-state index contributed by atoms with van der Waals surface area (Å²) in [5.41, 5.74) is 9.73. The molecule has 2 aliphatic heterocycles. The van der Waals surface area contributed by atoms with E-state index in [1.165, 1.54) is 6.08 Å². The number of allylic oxidation sites excluding steroid dienone is 1. The highest BCUT2D eigenvalue weighted by atomic mass is 32.1. The van der Waals surface area contributed by atoms with Crippen LogP contribution in [0.15, 0.2) is 18.9 Å².